The molecule has 0 spiro atoms. The van der Waals surface area contributed by atoms with Crippen LogP contribution in [-0.2, 0) is 19.2 Å². The lowest BCUT2D eigenvalue weighted by molar-refractivity contribution is -0.143. The molecule has 1 unspecified atom stereocenters. The second kappa shape index (κ2) is 7.41. The molecule has 1 atom stereocenters. The minimum Gasteiger partial charge on any atom is -0.469 e. The van der Waals surface area contributed by atoms with Gasteiger partial charge < -0.3 is 10.5 Å². The first-order valence-corrected chi connectivity index (χ1v) is 5.41. The molecule has 0 saturated carbocycles. The molecule has 18 heavy (non-hydrogen) atoms. The summed E-state index contributed by atoms with van der Waals surface area (Å²) in [6.07, 6.45) is 0. The largest absolute Gasteiger partial charge is 0.469 e. The maximum absolute atomic E-state index is 11.6. The zero-order valence-corrected chi connectivity index (χ0v) is 10.1. The Hall–Kier alpha value is -1.92. The van der Waals surface area contributed by atoms with Crippen molar-refractivity contribution in [2.75, 3.05) is 20.3 Å². The van der Waals surface area contributed by atoms with E-state index in [1.165, 1.54) is 7.11 Å². The molecule has 1 aromatic carbocycles. The van der Waals surface area contributed by atoms with Gasteiger partial charge in [0.05, 0.1) is 13.0 Å². The van der Waals surface area contributed by atoms with Gasteiger partial charge in [-0.05, 0) is 5.56 Å². The van der Waals surface area contributed by atoms with Gasteiger partial charge >= 0.3 is 5.97 Å². The van der Waals surface area contributed by atoms with Gasteiger partial charge in [0.2, 0.25) is 5.91 Å². The Morgan fingerprint density at radius 3 is 2.56 bits per heavy atom. The minimum atomic E-state index is -0.586. The van der Waals surface area contributed by atoms with Crippen molar-refractivity contribution in [1.82, 2.24) is 5.48 Å². The quantitative estimate of drug-likeness (QED) is 0.403. The van der Waals surface area contributed by atoms with Gasteiger partial charge in [0, 0.05) is 6.54 Å². The van der Waals surface area contributed by atoms with Gasteiger partial charge in [-0.2, -0.15) is 0 Å². The molecule has 0 bridgehead atoms. The van der Waals surface area contributed by atoms with Crippen LogP contribution in [0.1, 0.15) is 11.5 Å². The summed E-state index contributed by atoms with van der Waals surface area (Å²) in [5.41, 5.74) is 8.24. The van der Waals surface area contributed by atoms with Gasteiger partial charge in [0.25, 0.3) is 0 Å². The van der Waals surface area contributed by atoms with E-state index in [4.69, 9.17) is 15.3 Å². The molecule has 0 saturated heterocycles. The molecule has 0 radical (unpaired) electrons. The van der Waals surface area contributed by atoms with Gasteiger partial charge in [-0.1, -0.05) is 30.3 Å². The summed E-state index contributed by atoms with van der Waals surface area (Å²) >= 11 is 0. The van der Waals surface area contributed by atoms with Crippen molar-refractivity contribution in [3.63, 3.8) is 0 Å². The standard InChI is InChI=1S/C12H16N2O4/c1-17-12(16)10(7-14-18-8-11(13)15)9-5-3-2-4-6-9/h2-6,10,14H,7-8H2,1H3,(H2,13,15). The van der Waals surface area contributed by atoms with Crippen LogP contribution < -0.4 is 11.2 Å². The van der Waals surface area contributed by atoms with E-state index in [0.29, 0.717) is 0 Å². The molecule has 6 heteroatoms. The third kappa shape index (κ3) is 4.52. The Kier molecular flexibility index (Phi) is 5.83. The van der Waals surface area contributed by atoms with E-state index in [0.717, 1.165) is 5.56 Å². The number of benzene rings is 1. The number of hydrogen-bond acceptors (Lipinski definition) is 5. The van der Waals surface area contributed by atoms with Gasteiger partial charge in [-0.3, -0.25) is 14.4 Å². The van der Waals surface area contributed by atoms with Crippen LogP contribution in [0.2, 0.25) is 0 Å². The number of nitrogens with one attached hydrogen (secondary N) is 1. The lowest BCUT2D eigenvalue weighted by atomic mass is 10.00. The molecule has 0 fully saturated rings. The van der Waals surface area contributed by atoms with Gasteiger partial charge in [0.15, 0.2) is 0 Å². The van der Waals surface area contributed by atoms with Crippen molar-refractivity contribution in [3.8, 4) is 0 Å². The molecular weight excluding hydrogens is 236 g/mol. The first-order chi connectivity index (χ1) is 8.65. The summed E-state index contributed by atoms with van der Waals surface area (Å²) in [5.74, 6) is -1.46. The second-order valence-electron chi connectivity index (χ2n) is 3.59. The van der Waals surface area contributed by atoms with Crippen molar-refractivity contribution >= 4 is 11.9 Å². The monoisotopic (exact) mass is 252 g/mol. The molecule has 98 valence electrons. The Morgan fingerprint density at radius 1 is 1.33 bits per heavy atom. The van der Waals surface area contributed by atoms with Crippen molar-refractivity contribution in [2.24, 2.45) is 5.73 Å². The number of carbonyl (C=O) groups is 2. The zero-order chi connectivity index (χ0) is 13.4. The molecule has 0 aliphatic heterocycles. The SMILES string of the molecule is COC(=O)C(CNOCC(N)=O)c1ccccc1. The van der Waals surface area contributed by atoms with Crippen LogP contribution in [0.5, 0.6) is 0 Å². The number of carbonyl (C=O) groups excluding carboxylic acids is 2. The van der Waals surface area contributed by atoms with E-state index in [-0.39, 0.29) is 19.1 Å². The van der Waals surface area contributed by atoms with E-state index in [9.17, 15) is 9.59 Å². The predicted octanol–water partition coefficient (Wildman–Crippen LogP) is -0.0503. The Labute approximate surface area is 105 Å². The number of amides is 1. The lowest BCUT2D eigenvalue weighted by Crippen LogP contribution is -2.31. The summed E-state index contributed by atoms with van der Waals surface area (Å²) in [4.78, 5) is 26.9. The normalized spacial score (nSPS) is 11.8. The number of methoxy groups -OCH3 is 1. The molecule has 0 heterocycles. The van der Waals surface area contributed by atoms with Crippen LogP contribution in [0.4, 0.5) is 0 Å². The Bertz CT molecular complexity index is 394. The highest BCUT2D eigenvalue weighted by atomic mass is 16.6. The third-order valence-corrected chi connectivity index (χ3v) is 2.29. The summed E-state index contributed by atoms with van der Waals surface area (Å²) < 4.78 is 4.72. The summed E-state index contributed by atoms with van der Waals surface area (Å²) in [6.45, 7) is -0.0490. The van der Waals surface area contributed by atoms with Gasteiger partial charge in [-0.25, -0.2) is 5.48 Å². The average Bonchev–Trinajstić information content (AvgIpc) is 2.38. The molecule has 0 aliphatic carbocycles. The van der Waals surface area contributed by atoms with E-state index in [1.54, 1.807) is 0 Å². The highest BCUT2D eigenvalue weighted by Gasteiger charge is 2.20. The van der Waals surface area contributed by atoms with E-state index in [1.807, 2.05) is 30.3 Å². The molecule has 0 aromatic heterocycles. The second-order valence-corrected chi connectivity index (χ2v) is 3.59. The molecule has 1 rings (SSSR count). The van der Waals surface area contributed by atoms with E-state index >= 15 is 0 Å². The average molecular weight is 252 g/mol. The number of esters is 1. The fourth-order valence-corrected chi connectivity index (χ4v) is 1.43. The molecule has 1 amide bonds. The molecule has 1 aromatic rings. The first kappa shape index (κ1) is 14.1. The van der Waals surface area contributed by atoms with E-state index < -0.39 is 11.8 Å². The van der Waals surface area contributed by atoms with Crippen molar-refractivity contribution < 1.29 is 19.2 Å². The van der Waals surface area contributed by atoms with Crippen LogP contribution >= 0.6 is 0 Å². The summed E-state index contributed by atoms with van der Waals surface area (Å²) in [6, 6.07) is 9.15. The maximum atomic E-state index is 11.6. The Balaban J connectivity index is 2.57. The molecule has 6 nitrogen and oxygen atoms in total. The van der Waals surface area contributed by atoms with Crippen LogP contribution in [-0.4, -0.2) is 32.1 Å². The van der Waals surface area contributed by atoms with Crippen LogP contribution in [0.15, 0.2) is 30.3 Å². The fourth-order valence-electron chi connectivity index (χ4n) is 1.43. The van der Waals surface area contributed by atoms with Crippen LogP contribution in [0.3, 0.4) is 0 Å². The number of ether oxygens (including phenoxy) is 1. The molecule has 3 N–H and O–H groups in total. The number of rotatable bonds is 7. The maximum Gasteiger partial charge on any atom is 0.314 e. The molecule has 0 aliphatic rings. The fraction of sp³-hybridized carbons (Fsp3) is 0.333. The predicted molar refractivity (Wildman–Crippen MR) is 64.3 cm³/mol. The highest BCUT2D eigenvalue weighted by molar-refractivity contribution is 5.78. The number of hydroxylamine groups is 1. The number of primary amides is 1. The Morgan fingerprint density at radius 2 is 2.00 bits per heavy atom. The van der Waals surface area contributed by atoms with Crippen molar-refractivity contribution in [3.05, 3.63) is 35.9 Å². The minimum absolute atomic E-state index is 0.198. The summed E-state index contributed by atoms with van der Waals surface area (Å²) in [5, 5.41) is 0. The van der Waals surface area contributed by atoms with Gasteiger partial charge in [0.1, 0.15) is 6.61 Å². The number of hydrogen-bond donors (Lipinski definition) is 2. The lowest BCUT2D eigenvalue weighted by Gasteiger charge is -2.15. The number of nitrogens with two attached hydrogens (primary N) is 1. The highest BCUT2D eigenvalue weighted by Crippen LogP contribution is 2.16. The molecular formula is C12H16N2O4. The van der Waals surface area contributed by atoms with Crippen molar-refractivity contribution in [1.29, 1.82) is 0 Å². The van der Waals surface area contributed by atoms with Crippen LogP contribution in [0, 0.1) is 0 Å². The van der Waals surface area contributed by atoms with Gasteiger partial charge in [-0.15, -0.1) is 0 Å². The van der Waals surface area contributed by atoms with Crippen LogP contribution in [0.25, 0.3) is 0 Å². The first-order valence-electron chi connectivity index (χ1n) is 5.41. The zero-order valence-electron chi connectivity index (χ0n) is 10.1. The van der Waals surface area contributed by atoms with E-state index in [2.05, 4.69) is 5.48 Å². The smallest absolute Gasteiger partial charge is 0.314 e. The third-order valence-electron chi connectivity index (χ3n) is 2.29. The van der Waals surface area contributed by atoms with Crippen molar-refractivity contribution in [2.45, 2.75) is 5.92 Å². The summed E-state index contributed by atoms with van der Waals surface area (Å²) in [7, 11) is 1.32. The topological polar surface area (TPSA) is 90.7 Å².